The molecule has 0 spiro atoms. The lowest BCUT2D eigenvalue weighted by Crippen LogP contribution is -2.23. The van der Waals surface area contributed by atoms with Gasteiger partial charge in [-0.05, 0) is 147 Å². The number of hydrogen-bond donors (Lipinski definition) is 0. The van der Waals surface area contributed by atoms with Gasteiger partial charge in [-0.2, -0.15) is 15.8 Å². The Labute approximate surface area is 414 Å². The van der Waals surface area contributed by atoms with Crippen LogP contribution in [0, 0.1) is 39.4 Å². The van der Waals surface area contributed by atoms with Crippen molar-refractivity contribution in [2.75, 3.05) is 18.0 Å². The monoisotopic (exact) mass is 925 g/mol. The molecule has 1 fully saturated rings. The van der Waals surface area contributed by atoms with E-state index in [1.807, 2.05) is 36.5 Å². The largest absolute Gasteiger partial charge is 0.474 e. The molecular formula is C62H76N4OS. The molecule has 5 nitrogen and oxygen atoms in total. The van der Waals surface area contributed by atoms with E-state index in [4.69, 9.17) is 4.74 Å². The maximum atomic E-state index is 10.7. The van der Waals surface area contributed by atoms with Gasteiger partial charge in [0.05, 0.1) is 0 Å². The third-order valence-electron chi connectivity index (χ3n) is 14.4. The number of benzene rings is 2. The van der Waals surface area contributed by atoms with Crippen LogP contribution >= 0.6 is 11.3 Å². The third-order valence-corrected chi connectivity index (χ3v) is 15.6. The average Bonchev–Trinajstić information content (AvgIpc) is 3.83. The normalized spacial score (nSPS) is 19.1. The molecule has 1 unspecified atom stereocenters. The Balaban J connectivity index is 1.38. The van der Waals surface area contributed by atoms with Crippen LogP contribution in [-0.2, 0) is 23.2 Å². The summed E-state index contributed by atoms with van der Waals surface area (Å²) >= 11 is 1.84. The van der Waals surface area contributed by atoms with Crippen LogP contribution in [0.3, 0.4) is 0 Å². The summed E-state index contributed by atoms with van der Waals surface area (Å²) in [5, 5.41) is 30.8. The minimum Gasteiger partial charge on any atom is -0.474 e. The smallest absolute Gasteiger partial charge is 0.172 e. The summed E-state index contributed by atoms with van der Waals surface area (Å²) in [6.07, 6.45) is 38.0. The molecule has 1 aromatic heterocycles. The lowest BCUT2D eigenvalue weighted by atomic mass is 9.75. The topological polar surface area (TPSA) is 83.8 Å². The molecule has 3 aromatic rings. The molecule has 1 aliphatic heterocycles. The van der Waals surface area contributed by atoms with Crippen molar-refractivity contribution in [3.05, 3.63) is 150 Å². The molecule has 0 radical (unpaired) electrons. The predicted molar refractivity (Wildman–Crippen MR) is 288 cm³/mol. The summed E-state index contributed by atoms with van der Waals surface area (Å²) < 4.78 is 6.65. The molecule has 3 aliphatic rings. The van der Waals surface area contributed by atoms with E-state index in [0.717, 1.165) is 57.2 Å². The van der Waals surface area contributed by atoms with Crippen molar-refractivity contribution in [2.24, 2.45) is 5.41 Å². The molecule has 6 heteroatoms. The van der Waals surface area contributed by atoms with Gasteiger partial charge in [-0.1, -0.05) is 158 Å². The number of nitriles is 3. The number of unbranched alkanes of at least 4 members (excludes halogenated alkanes) is 6. The van der Waals surface area contributed by atoms with Gasteiger partial charge < -0.3 is 9.64 Å². The van der Waals surface area contributed by atoms with Gasteiger partial charge in [0.15, 0.2) is 16.9 Å². The highest BCUT2D eigenvalue weighted by Crippen LogP contribution is 2.48. The van der Waals surface area contributed by atoms with Crippen LogP contribution in [0.15, 0.2) is 113 Å². The van der Waals surface area contributed by atoms with Crippen LogP contribution in [-0.4, -0.2) is 13.1 Å². The number of rotatable bonds is 21. The molecule has 6 rings (SSSR count). The number of thiophene rings is 1. The molecule has 2 aliphatic carbocycles. The Bertz CT molecular complexity index is 2510. The molecule has 2 heterocycles. The first-order chi connectivity index (χ1) is 33.0. The second kappa shape index (κ2) is 25.1. The second-order valence-electron chi connectivity index (χ2n) is 20.1. The van der Waals surface area contributed by atoms with Crippen molar-refractivity contribution in [1.82, 2.24) is 0 Å². The van der Waals surface area contributed by atoms with Crippen molar-refractivity contribution < 1.29 is 4.74 Å². The standard InChI is InChI=1S/C62H76N4OS/c1-8-12-14-19-25-54-55(26-20-15-13-9-2)59(68-58(54)27-21-22-47-40-48(42-61(5,6)41-47)29-28-46-30-36-53(37-31-46)66(10-3)11-4)39-38-57-56(45-65)60(51(43-63)44-64)67-62(57,7)52-34-32-50(33-35-52)49-23-17-16-18-24-49/h21-22,27-40,49H,8-20,23-26,41-42H2,1-7H3/b27-21-,29-28+,39-38+,47-22+. The second-order valence-corrected chi connectivity index (χ2v) is 21.2. The van der Waals surface area contributed by atoms with Crippen molar-refractivity contribution >= 4 is 35.3 Å². The molecule has 356 valence electrons. The maximum Gasteiger partial charge on any atom is 0.172 e. The van der Waals surface area contributed by atoms with Crippen LogP contribution in [0.4, 0.5) is 5.69 Å². The van der Waals surface area contributed by atoms with Crippen LogP contribution in [0.1, 0.15) is 188 Å². The fourth-order valence-corrected chi connectivity index (χ4v) is 11.8. The van der Waals surface area contributed by atoms with Gasteiger partial charge in [0.2, 0.25) is 0 Å². The highest BCUT2D eigenvalue weighted by Gasteiger charge is 2.44. The fourth-order valence-electron chi connectivity index (χ4n) is 10.6. The summed E-state index contributed by atoms with van der Waals surface area (Å²) in [5.41, 5.74) is 10.1. The first-order valence-electron chi connectivity index (χ1n) is 25.9. The van der Waals surface area contributed by atoms with Crippen LogP contribution in [0.25, 0.3) is 18.2 Å². The SMILES string of the molecule is CCCCCCc1c(/C=C\C=C2C=C(/C=C/c3ccc(N(CC)CC)cc3)CC(C)(C)C/2)sc(/C=C/C2=C(C#N)C(=C(C#N)C#N)OC2(C)c2ccc(C3CCCCC3)cc2)c1CCCCCC. The van der Waals surface area contributed by atoms with Crippen LogP contribution in [0.5, 0.6) is 0 Å². The van der Waals surface area contributed by atoms with Gasteiger partial charge in [-0.25, -0.2) is 0 Å². The lowest BCUT2D eigenvalue weighted by Gasteiger charge is -2.30. The van der Waals surface area contributed by atoms with Crippen molar-refractivity contribution in [2.45, 2.75) is 169 Å². The van der Waals surface area contributed by atoms with E-state index in [0.29, 0.717) is 11.5 Å². The van der Waals surface area contributed by atoms with Gasteiger partial charge in [0, 0.05) is 34.1 Å². The molecule has 0 amide bonds. The first kappa shape index (κ1) is 51.8. The van der Waals surface area contributed by atoms with E-state index in [2.05, 4.69) is 144 Å². The Hall–Kier alpha value is -5.61. The van der Waals surface area contributed by atoms with E-state index in [-0.39, 0.29) is 22.3 Å². The third kappa shape index (κ3) is 13.1. The lowest BCUT2D eigenvalue weighted by molar-refractivity contribution is 0.0755. The van der Waals surface area contributed by atoms with Gasteiger partial charge in [-0.3, -0.25) is 0 Å². The Morgan fingerprint density at radius 1 is 0.721 bits per heavy atom. The van der Waals surface area contributed by atoms with E-state index >= 15 is 0 Å². The minimum absolute atomic E-state index is 0.0679. The summed E-state index contributed by atoms with van der Waals surface area (Å²) in [4.78, 5) is 4.88. The number of nitrogens with zero attached hydrogens (tertiary/aromatic N) is 4. The van der Waals surface area contributed by atoms with Crippen molar-refractivity contribution in [1.29, 1.82) is 15.8 Å². The van der Waals surface area contributed by atoms with Crippen molar-refractivity contribution in [3.63, 3.8) is 0 Å². The van der Waals surface area contributed by atoms with Gasteiger partial charge in [0.1, 0.15) is 23.8 Å². The molecule has 0 saturated heterocycles. The summed E-state index contributed by atoms with van der Waals surface area (Å²) in [7, 11) is 0. The van der Waals surface area contributed by atoms with E-state index in [1.54, 1.807) is 0 Å². The number of anilines is 1. The molecule has 0 bridgehead atoms. The summed E-state index contributed by atoms with van der Waals surface area (Å²) in [5.74, 6) is 0.625. The minimum atomic E-state index is -1.07. The average molecular weight is 925 g/mol. The highest BCUT2D eigenvalue weighted by molar-refractivity contribution is 7.14. The zero-order chi connectivity index (χ0) is 48.5. The van der Waals surface area contributed by atoms with Crippen LogP contribution < -0.4 is 4.90 Å². The molecule has 1 atom stereocenters. The molecule has 2 aromatic carbocycles. The van der Waals surface area contributed by atoms with Gasteiger partial charge >= 0.3 is 0 Å². The van der Waals surface area contributed by atoms with Crippen LogP contribution in [0.2, 0.25) is 0 Å². The molecule has 1 saturated carbocycles. The number of allylic oxidation sites excluding steroid dienone is 8. The van der Waals surface area contributed by atoms with E-state index in [1.165, 1.54) is 119 Å². The maximum absolute atomic E-state index is 10.7. The summed E-state index contributed by atoms with van der Waals surface area (Å²) in [6.45, 7) is 17.7. The number of hydrogen-bond acceptors (Lipinski definition) is 6. The Morgan fingerprint density at radius 3 is 1.94 bits per heavy atom. The van der Waals surface area contributed by atoms with Gasteiger partial charge in [0.25, 0.3) is 0 Å². The zero-order valence-corrected chi connectivity index (χ0v) is 43.2. The molecular weight excluding hydrogens is 849 g/mol. The summed E-state index contributed by atoms with van der Waals surface area (Å²) in [6, 6.07) is 24.0. The zero-order valence-electron chi connectivity index (χ0n) is 42.4. The van der Waals surface area contributed by atoms with E-state index in [9.17, 15) is 15.8 Å². The van der Waals surface area contributed by atoms with Crippen molar-refractivity contribution in [3.8, 4) is 18.2 Å². The highest BCUT2D eigenvalue weighted by atomic mass is 32.1. The number of ether oxygens (including phenoxy) is 1. The Morgan fingerprint density at radius 2 is 1.35 bits per heavy atom. The Kier molecular flexibility index (Phi) is 19.1. The quantitative estimate of drug-likeness (QED) is 0.0785. The first-order valence-corrected chi connectivity index (χ1v) is 26.8. The molecule has 0 N–H and O–H groups in total. The van der Waals surface area contributed by atoms with E-state index < -0.39 is 5.60 Å². The molecule has 68 heavy (non-hydrogen) atoms. The fraction of sp³-hybridized carbons (Fsp3) is 0.468. The predicted octanol–water partition coefficient (Wildman–Crippen LogP) is 17.4. The van der Waals surface area contributed by atoms with Gasteiger partial charge in [-0.15, -0.1) is 11.3 Å².